The zero-order valence-corrected chi connectivity index (χ0v) is 13.0. The second-order valence-corrected chi connectivity index (χ2v) is 5.85. The molecule has 1 unspecified atom stereocenters. The Kier molecular flexibility index (Phi) is 5.74. The monoisotopic (exact) mass is 353 g/mol. The summed E-state index contributed by atoms with van der Waals surface area (Å²) in [7, 11) is 0. The van der Waals surface area contributed by atoms with Crippen LogP contribution in [0.5, 0.6) is 0 Å². The van der Waals surface area contributed by atoms with Crippen LogP contribution in [0.2, 0.25) is 0 Å². The van der Waals surface area contributed by atoms with E-state index in [4.69, 9.17) is 11.6 Å². The summed E-state index contributed by atoms with van der Waals surface area (Å²) in [6.07, 6.45) is 1.14. The molecule has 1 atom stereocenters. The van der Waals surface area contributed by atoms with E-state index in [1.54, 1.807) is 6.92 Å². The lowest BCUT2D eigenvalue weighted by atomic mass is 9.95. The van der Waals surface area contributed by atoms with Crippen LogP contribution in [0.4, 0.5) is 8.78 Å². The average Bonchev–Trinajstić information content (AvgIpc) is 2.27. The number of nitrogens with one attached hydrogen (secondary N) is 1. The number of rotatable bonds is 5. The lowest BCUT2D eigenvalue weighted by Crippen LogP contribution is -2.46. The van der Waals surface area contributed by atoms with Gasteiger partial charge in [-0.3, -0.25) is 4.79 Å². The van der Waals surface area contributed by atoms with E-state index in [9.17, 15) is 13.6 Å². The first-order chi connectivity index (χ1) is 8.83. The molecule has 0 aliphatic carbocycles. The van der Waals surface area contributed by atoms with E-state index in [0.717, 1.165) is 12.1 Å². The summed E-state index contributed by atoms with van der Waals surface area (Å²) in [5.74, 6) is -2.20. The van der Waals surface area contributed by atoms with Crippen LogP contribution in [0.25, 0.3) is 0 Å². The largest absolute Gasteiger partial charge is 0.347 e. The first kappa shape index (κ1) is 16.4. The quantitative estimate of drug-likeness (QED) is 0.787. The van der Waals surface area contributed by atoms with Gasteiger partial charge in [0.05, 0.1) is 0 Å². The number of alkyl halides is 1. The average molecular weight is 355 g/mol. The van der Waals surface area contributed by atoms with Crippen molar-refractivity contribution in [1.82, 2.24) is 5.32 Å². The molecule has 0 saturated carbocycles. The molecular formula is C13H15BrClF2NO. The lowest BCUT2D eigenvalue weighted by molar-refractivity contribution is 0.0893. The Balaban J connectivity index is 3.02. The van der Waals surface area contributed by atoms with E-state index >= 15 is 0 Å². The van der Waals surface area contributed by atoms with Crippen molar-refractivity contribution in [3.05, 3.63) is 33.8 Å². The summed E-state index contributed by atoms with van der Waals surface area (Å²) in [5.41, 5.74) is -1.15. The van der Waals surface area contributed by atoms with Crippen molar-refractivity contribution in [1.29, 1.82) is 0 Å². The van der Waals surface area contributed by atoms with Gasteiger partial charge >= 0.3 is 0 Å². The van der Waals surface area contributed by atoms with Crippen LogP contribution in [0, 0.1) is 11.6 Å². The Morgan fingerprint density at radius 2 is 1.95 bits per heavy atom. The van der Waals surface area contributed by atoms with E-state index in [0.29, 0.717) is 18.7 Å². The maximum atomic E-state index is 13.7. The topological polar surface area (TPSA) is 29.1 Å². The number of benzene rings is 1. The molecule has 1 amide bonds. The van der Waals surface area contributed by atoms with Gasteiger partial charge in [-0.25, -0.2) is 8.78 Å². The predicted molar refractivity (Wildman–Crippen MR) is 75.6 cm³/mol. The minimum Gasteiger partial charge on any atom is -0.347 e. The van der Waals surface area contributed by atoms with Crippen molar-refractivity contribution in [3.8, 4) is 0 Å². The third-order valence-corrected chi connectivity index (χ3v) is 3.72. The van der Waals surface area contributed by atoms with Crippen molar-refractivity contribution in [2.75, 3.05) is 5.88 Å². The fourth-order valence-corrected chi connectivity index (χ4v) is 2.45. The van der Waals surface area contributed by atoms with Crippen molar-refractivity contribution in [2.24, 2.45) is 0 Å². The molecule has 0 heterocycles. The number of amides is 1. The molecule has 0 saturated heterocycles. The predicted octanol–water partition coefficient (Wildman–Crippen LogP) is 4.25. The van der Waals surface area contributed by atoms with E-state index < -0.39 is 28.6 Å². The van der Waals surface area contributed by atoms with Crippen LogP contribution >= 0.6 is 27.5 Å². The van der Waals surface area contributed by atoms with Crippen molar-refractivity contribution in [2.45, 2.75) is 32.2 Å². The van der Waals surface area contributed by atoms with Crippen LogP contribution in [0.1, 0.15) is 37.0 Å². The zero-order valence-electron chi connectivity index (χ0n) is 10.7. The Morgan fingerprint density at radius 3 is 2.37 bits per heavy atom. The minimum atomic E-state index is -0.895. The fraction of sp³-hybridized carbons (Fsp3) is 0.462. The minimum absolute atomic E-state index is 0.248. The van der Waals surface area contributed by atoms with E-state index in [1.165, 1.54) is 0 Å². The number of halogens is 4. The lowest BCUT2D eigenvalue weighted by Gasteiger charge is -2.29. The van der Waals surface area contributed by atoms with Crippen LogP contribution < -0.4 is 5.32 Å². The number of hydrogen-bond donors (Lipinski definition) is 1. The molecule has 0 spiro atoms. The van der Waals surface area contributed by atoms with E-state index in [1.807, 2.05) is 6.92 Å². The standard InChI is InChI=1S/C13H15BrClF2NO/c1-3-13(2,4-5-15)18-12(19)11-9(16)6-8(14)7-10(11)17/h6-7H,3-5H2,1-2H3,(H,18,19). The SMILES string of the molecule is CCC(C)(CCCl)NC(=O)c1c(F)cc(Br)cc1F. The second kappa shape index (κ2) is 6.66. The molecule has 106 valence electrons. The molecule has 6 heteroatoms. The van der Waals surface area contributed by atoms with Crippen molar-refractivity contribution in [3.63, 3.8) is 0 Å². The molecule has 0 aliphatic heterocycles. The van der Waals surface area contributed by atoms with E-state index in [-0.39, 0.29) is 4.47 Å². The molecule has 1 aromatic rings. The molecule has 1 aromatic carbocycles. The highest BCUT2D eigenvalue weighted by Gasteiger charge is 2.27. The molecule has 0 bridgehead atoms. The third-order valence-electron chi connectivity index (χ3n) is 3.08. The summed E-state index contributed by atoms with van der Waals surface area (Å²) in [4.78, 5) is 12.0. The van der Waals surface area contributed by atoms with Gasteiger partial charge in [0.2, 0.25) is 0 Å². The van der Waals surface area contributed by atoms with Gasteiger partial charge in [-0.2, -0.15) is 0 Å². The molecular weight excluding hydrogens is 340 g/mol. The first-order valence-corrected chi connectivity index (χ1v) is 7.18. The smallest absolute Gasteiger partial charge is 0.257 e. The molecule has 0 fully saturated rings. The number of hydrogen-bond acceptors (Lipinski definition) is 1. The maximum Gasteiger partial charge on any atom is 0.257 e. The van der Waals surface area contributed by atoms with Gasteiger partial charge in [-0.05, 0) is 31.9 Å². The van der Waals surface area contributed by atoms with Gasteiger partial charge in [0.1, 0.15) is 17.2 Å². The summed E-state index contributed by atoms with van der Waals surface area (Å²) in [6.45, 7) is 3.67. The zero-order chi connectivity index (χ0) is 14.6. The summed E-state index contributed by atoms with van der Waals surface area (Å²) < 4.78 is 27.6. The molecule has 19 heavy (non-hydrogen) atoms. The summed E-state index contributed by atoms with van der Waals surface area (Å²) in [5, 5.41) is 2.64. The number of carbonyl (C=O) groups is 1. The van der Waals surface area contributed by atoms with Crippen molar-refractivity contribution < 1.29 is 13.6 Å². The van der Waals surface area contributed by atoms with Gasteiger partial charge < -0.3 is 5.32 Å². The highest BCUT2D eigenvalue weighted by atomic mass is 79.9. The fourth-order valence-electron chi connectivity index (χ4n) is 1.63. The molecule has 0 radical (unpaired) electrons. The maximum absolute atomic E-state index is 13.7. The van der Waals surface area contributed by atoms with Gasteiger partial charge in [0, 0.05) is 15.9 Å². The number of carbonyl (C=O) groups excluding carboxylic acids is 1. The third kappa shape index (κ3) is 4.14. The van der Waals surface area contributed by atoms with Gasteiger partial charge in [0.15, 0.2) is 0 Å². The van der Waals surface area contributed by atoms with Crippen LogP contribution in [0.15, 0.2) is 16.6 Å². The Labute approximate surface area is 124 Å². The first-order valence-electron chi connectivity index (χ1n) is 5.86. The highest BCUT2D eigenvalue weighted by molar-refractivity contribution is 9.10. The van der Waals surface area contributed by atoms with E-state index in [2.05, 4.69) is 21.2 Å². The molecule has 1 rings (SSSR count). The normalized spacial score (nSPS) is 14.0. The van der Waals surface area contributed by atoms with Crippen molar-refractivity contribution >= 4 is 33.4 Å². The van der Waals surface area contributed by atoms with Crippen LogP contribution in [-0.2, 0) is 0 Å². The highest BCUT2D eigenvalue weighted by Crippen LogP contribution is 2.21. The van der Waals surface area contributed by atoms with Gasteiger partial charge in [-0.1, -0.05) is 22.9 Å². The van der Waals surface area contributed by atoms with Gasteiger partial charge in [0.25, 0.3) is 5.91 Å². The molecule has 2 nitrogen and oxygen atoms in total. The Morgan fingerprint density at radius 1 is 1.42 bits per heavy atom. The Hall–Kier alpha value is -0.680. The van der Waals surface area contributed by atoms with Gasteiger partial charge in [-0.15, -0.1) is 11.6 Å². The van der Waals surface area contributed by atoms with Crippen LogP contribution in [0.3, 0.4) is 0 Å². The summed E-state index contributed by atoms with van der Waals surface area (Å²) in [6, 6.07) is 2.12. The Bertz CT molecular complexity index is 461. The summed E-state index contributed by atoms with van der Waals surface area (Å²) >= 11 is 8.64. The molecule has 0 aliphatic rings. The van der Waals surface area contributed by atoms with Crippen LogP contribution in [-0.4, -0.2) is 17.3 Å². The molecule has 0 aromatic heterocycles. The molecule has 1 N–H and O–H groups in total. The second-order valence-electron chi connectivity index (χ2n) is 4.55.